The maximum Gasteiger partial charge on any atom is 0.287 e. The van der Waals surface area contributed by atoms with Gasteiger partial charge in [0.2, 0.25) is 0 Å². The average molecular weight is 367 g/mol. The first-order chi connectivity index (χ1) is 11.6. The van der Waals surface area contributed by atoms with Crippen molar-refractivity contribution in [1.29, 1.82) is 0 Å². The third-order valence-corrected chi connectivity index (χ3v) is 5.11. The molecule has 1 aliphatic rings. The van der Waals surface area contributed by atoms with Gasteiger partial charge in [-0.1, -0.05) is 18.2 Å². The number of para-hydroxylation sites is 1. The lowest BCUT2D eigenvalue weighted by molar-refractivity contribution is 0.0506. The first-order valence-electron chi connectivity index (χ1n) is 8.53. The van der Waals surface area contributed by atoms with Crippen LogP contribution in [0.4, 0.5) is 0 Å². The fourth-order valence-electron chi connectivity index (χ4n) is 3.58. The maximum atomic E-state index is 12.7. The van der Waals surface area contributed by atoms with Gasteiger partial charge in [0.05, 0.1) is 6.61 Å². The Kier molecular flexibility index (Phi) is 6.49. The average Bonchev–Trinajstić information content (AvgIpc) is 2.93. The van der Waals surface area contributed by atoms with Gasteiger partial charge in [0.1, 0.15) is 5.58 Å². The van der Waals surface area contributed by atoms with Gasteiger partial charge >= 0.3 is 0 Å². The number of nitrogens with one attached hydrogen (secondary N) is 2. The molecule has 25 heavy (non-hydrogen) atoms. The van der Waals surface area contributed by atoms with Gasteiger partial charge in [0.15, 0.2) is 5.76 Å². The van der Waals surface area contributed by atoms with E-state index in [1.54, 1.807) is 7.11 Å². The summed E-state index contributed by atoms with van der Waals surface area (Å²) in [7, 11) is 1.72. The molecule has 1 aliphatic heterocycles. The number of carbonyl (C=O) groups excluding carboxylic acids is 1. The summed E-state index contributed by atoms with van der Waals surface area (Å²) in [6.07, 6.45) is 2.00. The Morgan fingerprint density at radius 2 is 2.04 bits per heavy atom. The lowest BCUT2D eigenvalue weighted by Crippen LogP contribution is -2.47. The van der Waals surface area contributed by atoms with E-state index >= 15 is 0 Å². The summed E-state index contributed by atoms with van der Waals surface area (Å²) in [5, 5.41) is 7.45. The molecule has 1 aromatic heterocycles. The van der Waals surface area contributed by atoms with Gasteiger partial charge in [-0.15, -0.1) is 12.4 Å². The molecule has 1 fully saturated rings. The summed E-state index contributed by atoms with van der Waals surface area (Å²) >= 11 is 0. The fraction of sp³-hybridized carbons (Fsp3) is 0.526. The van der Waals surface area contributed by atoms with Crippen molar-refractivity contribution in [1.82, 2.24) is 10.6 Å². The molecule has 138 valence electrons. The Balaban J connectivity index is 0.00000225. The van der Waals surface area contributed by atoms with E-state index in [0.717, 1.165) is 48.0 Å². The van der Waals surface area contributed by atoms with Crippen LogP contribution in [-0.2, 0) is 4.74 Å². The number of amides is 1. The van der Waals surface area contributed by atoms with E-state index in [2.05, 4.69) is 10.6 Å². The van der Waals surface area contributed by atoms with Gasteiger partial charge in [-0.2, -0.15) is 0 Å². The van der Waals surface area contributed by atoms with Crippen molar-refractivity contribution in [2.24, 2.45) is 5.41 Å². The molecule has 1 saturated heterocycles. The van der Waals surface area contributed by atoms with Crippen LogP contribution in [0.15, 0.2) is 22.6 Å². The number of ether oxygens (including phenoxy) is 1. The zero-order valence-electron chi connectivity index (χ0n) is 15.1. The number of halogens is 1. The topological polar surface area (TPSA) is 63.5 Å². The Labute approximate surface area is 154 Å². The highest BCUT2D eigenvalue weighted by molar-refractivity contribution is 5.99. The Hall–Kier alpha value is -1.56. The monoisotopic (exact) mass is 366 g/mol. The molecule has 3 rings (SSSR count). The molecule has 1 amide bonds. The number of hydrogen-bond donors (Lipinski definition) is 2. The molecule has 0 aliphatic carbocycles. The maximum absolute atomic E-state index is 12.7. The Morgan fingerprint density at radius 1 is 1.32 bits per heavy atom. The van der Waals surface area contributed by atoms with Gasteiger partial charge in [0.25, 0.3) is 5.91 Å². The lowest BCUT2D eigenvalue weighted by atomic mass is 9.79. The predicted octanol–water partition coefficient (Wildman–Crippen LogP) is 3.22. The number of fused-ring (bicyclic) bond motifs is 1. The van der Waals surface area contributed by atoms with Crippen LogP contribution in [0, 0.1) is 19.3 Å². The smallest absolute Gasteiger partial charge is 0.287 e. The second-order valence-electron chi connectivity index (χ2n) is 6.87. The van der Waals surface area contributed by atoms with E-state index in [1.807, 2.05) is 32.0 Å². The van der Waals surface area contributed by atoms with Crippen LogP contribution in [0.3, 0.4) is 0 Å². The predicted molar refractivity (Wildman–Crippen MR) is 102 cm³/mol. The summed E-state index contributed by atoms with van der Waals surface area (Å²) in [5.74, 6) is 0.276. The van der Waals surface area contributed by atoms with E-state index in [4.69, 9.17) is 9.15 Å². The first kappa shape index (κ1) is 19.8. The highest BCUT2D eigenvalue weighted by Crippen LogP contribution is 2.30. The molecule has 0 radical (unpaired) electrons. The van der Waals surface area contributed by atoms with Crippen molar-refractivity contribution in [2.45, 2.75) is 26.7 Å². The molecule has 1 aromatic carbocycles. The molecule has 2 heterocycles. The number of furan rings is 1. The first-order valence-corrected chi connectivity index (χ1v) is 8.53. The molecule has 0 saturated carbocycles. The molecule has 0 unspecified atom stereocenters. The summed E-state index contributed by atoms with van der Waals surface area (Å²) in [4.78, 5) is 12.7. The van der Waals surface area contributed by atoms with Crippen LogP contribution < -0.4 is 10.6 Å². The van der Waals surface area contributed by atoms with Crippen LogP contribution in [-0.4, -0.2) is 39.3 Å². The highest BCUT2D eigenvalue weighted by Gasteiger charge is 2.33. The van der Waals surface area contributed by atoms with Crippen molar-refractivity contribution in [3.63, 3.8) is 0 Å². The molecule has 6 heteroatoms. The van der Waals surface area contributed by atoms with Crippen LogP contribution >= 0.6 is 12.4 Å². The van der Waals surface area contributed by atoms with Crippen LogP contribution in [0.1, 0.15) is 34.5 Å². The minimum atomic E-state index is -0.142. The number of aryl methyl sites for hydroxylation is 2. The van der Waals surface area contributed by atoms with E-state index in [1.165, 1.54) is 0 Å². The van der Waals surface area contributed by atoms with Gasteiger partial charge < -0.3 is 19.8 Å². The highest BCUT2D eigenvalue weighted by atomic mass is 35.5. The Morgan fingerprint density at radius 3 is 2.68 bits per heavy atom. The Bertz CT molecular complexity index is 730. The van der Waals surface area contributed by atoms with E-state index in [0.29, 0.717) is 18.9 Å². The minimum Gasteiger partial charge on any atom is -0.450 e. The lowest BCUT2D eigenvalue weighted by Gasteiger charge is -2.37. The van der Waals surface area contributed by atoms with Gasteiger partial charge in [-0.3, -0.25) is 4.79 Å². The fourth-order valence-corrected chi connectivity index (χ4v) is 3.58. The van der Waals surface area contributed by atoms with Crippen molar-refractivity contribution in [3.05, 3.63) is 35.1 Å². The summed E-state index contributed by atoms with van der Waals surface area (Å²) in [5.41, 5.74) is 2.75. The van der Waals surface area contributed by atoms with Crippen molar-refractivity contribution < 1.29 is 13.9 Å². The molecule has 2 aromatic rings. The zero-order chi connectivity index (χ0) is 17.2. The summed E-state index contributed by atoms with van der Waals surface area (Å²) < 4.78 is 11.3. The number of methoxy groups -OCH3 is 1. The number of carbonyl (C=O) groups is 1. The quantitative estimate of drug-likeness (QED) is 0.852. The molecule has 0 atom stereocenters. The van der Waals surface area contributed by atoms with Crippen molar-refractivity contribution >= 4 is 29.3 Å². The van der Waals surface area contributed by atoms with Crippen molar-refractivity contribution in [3.8, 4) is 0 Å². The molecular formula is C19H27ClN2O3. The zero-order valence-corrected chi connectivity index (χ0v) is 15.9. The van der Waals surface area contributed by atoms with E-state index in [9.17, 15) is 4.79 Å². The van der Waals surface area contributed by atoms with Crippen molar-refractivity contribution in [2.75, 3.05) is 33.4 Å². The standard InChI is InChI=1S/C19H26N2O3.ClH/c1-13-5-4-6-15-14(2)17(24-16(13)15)18(22)21-11-19(12-23-3)7-9-20-10-8-19;/h4-6,20H,7-12H2,1-3H3,(H,21,22);1H. The van der Waals surface area contributed by atoms with Gasteiger partial charge in [-0.05, 0) is 45.3 Å². The largest absolute Gasteiger partial charge is 0.450 e. The second kappa shape index (κ2) is 8.21. The minimum absolute atomic E-state index is 0. The van der Waals surface area contributed by atoms with Gasteiger partial charge in [0, 0.05) is 30.0 Å². The molecule has 0 bridgehead atoms. The summed E-state index contributed by atoms with van der Waals surface area (Å²) in [6, 6.07) is 5.98. The molecule has 5 nitrogen and oxygen atoms in total. The SMILES string of the molecule is COCC1(CNC(=O)c2oc3c(C)cccc3c2C)CCNCC1.Cl. The summed E-state index contributed by atoms with van der Waals surface area (Å²) in [6.45, 7) is 7.12. The van der Waals surface area contributed by atoms with Gasteiger partial charge in [-0.25, -0.2) is 0 Å². The van der Waals surface area contributed by atoms with E-state index in [-0.39, 0.29) is 23.7 Å². The number of benzene rings is 1. The second-order valence-corrected chi connectivity index (χ2v) is 6.87. The third-order valence-electron chi connectivity index (χ3n) is 5.11. The molecule has 2 N–H and O–H groups in total. The molecule has 0 spiro atoms. The molecular weight excluding hydrogens is 340 g/mol. The van der Waals surface area contributed by atoms with Crippen LogP contribution in [0.2, 0.25) is 0 Å². The van der Waals surface area contributed by atoms with Crippen LogP contribution in [0.5, 0.6) is 0 Å². The van der Waals surface area contributed by atoms with Crippen LogP contribution in [0.25, 0.3) is 11.0 Å². The number of rotatable bonds is 5. The number of piperidine rings is 1. The normalized spacial score (nSPS) is 16.4. The third kappa shape index (κ3) is 4.00. The van der Waals surface area contributed by atoms with E-state index < -0.39 is 0 Å². The number of hydrogen-bond acceptors (Lipinski definition) is 4.